The minimum absolute atomic E-state index is 0.150. The molecule has 0 saturated heterocycles. The summed E-state index contributed by atoms with van der Waals surface area (Å²) in [4.78, 5) is 11.4. The maximum Gasteiger partial charge on any atom is 0.239 e. The van der Waals surface area contributed by atoms with E-state index in [-0.39, 0.29) is 12.0 Å². The molecule has 0 aliphatic carbocycles. The van der Waals surface area contributed by atoms with Crippen LogP contribution in [0.2, 0.25) is 0 Å². The zero-order valence-electron chi connectivity index (χ0n) is 11.9. The summed E-state index contributed by atoms with van der Waals surface area (Å²) in [5, 5.41) is 3.15. The summed E-state index contributed by atoms with van der Waals surface area (Å²) >= 11 is 0. The van der Waals surface area contributed by atoms with E-state index in [4.69, 9.17) is 10.5 Å². The molecule has 0 heterocycles. The highest BCUT2D eigenvalue weighted by molar-refractivity contribution is 5.84. The van der Waals surface area contributed by atoms with Crippen LogP contribution in [0.1, 0.15) is 47.5 Å². The predicted octanol–water partition coefficient (Wildman–Crippen LogP) is 1.68. The van der Waals surface area contributed by atoms with Gasteiger partial charge in [0, 0.05) is 0 Å². The summed E-state index contributed by atoms with van der Waals surface area (Å²) in [5.41, 5.74) is 4.66. The van der Waals surface area contributed by atoms with Gasteiger partial charge in [0.15, 0.2) is 0 Å². The first kappa shape index (κ1) is 16.4. The van der Waals surface area contributed by atoms with Crippen molar-refractivity contribution in [2.75, 3.05) is 13.2 Å². The van der Waals surface area contributed by atoms with E-state index in [1.807, 2.05) is 6.92 Å². The third-order valence-electron chi connectivity index (χ3n) is 2.77. The Hall–Kier alpha value is -0.610. The lowest BCUT2D eigenvalue weighted by Crippen LogP contribution is -2.57. The van der Waals surface area contributed by atoms with Crippen molar-refractivity contribution in [2.45, 2.75) is 59.1 Å². The summed E-state index contributed by atoms with van der Waals surface area (Å²) in [5.74, 6) is 0.233. The third-order valence-corrected chi connectivity index (χ3v) is 2.77. The second kappa shape index (κ2) is 7.67. The topological polar surface area (TPSA) is 64.3 Å². The Balaban J connectivity index is 4.21. The molecule has 4 heteroatoms. The zero-order valence-corrected chi connectivity index (χ0v) is 11.9. The fourth-order valence-electron chi connectivity index (χ4n) is 1.65. The first-order valence-electron chi connectivity index (χ1n) is 6.48. The van der Waals surface area contributed by atoms with Gasteiger partial charge in [-0.15, -0.1) is 0 Å². The van der Waals surface area contributed by atoms with Crippen LogP contribution >= 0.6 is 0 Å². The Morgan fingerprint density at radius 1 is 1.41 bits per heavy atom. The maximum absolute atomic E-state index is 11.4. The molecule has 2 atom stereocenters. The Bertz CT molecular complexity index is 231. The van der Waals surface area contributed by atoms with Crippen LogP contribution in [-0.2, 0) is 9.53 Å². The lowest BCUT2D eigenvalue weighted by atomic mass is 10.0. The van der Waals surface area contributed by atoms with Crippen molar-refractivity contribution in [1.82, 2.24) is 5.32 Å². The normalized spacial score (nSPS) is 16.8. The molecule has 0 radical (unpaired) electrons. The van der Waals surface area contributed by atoms with E-state index in [9.17, 15) is 4.79 Å². The highest BCUT2D eigenvalue weighted by Gasteiger charge is 2.31. The van der Waals surface area contributed by atoms with Crippen molar-refractivity contribution in [2.24, 2.45) is 11.7 Å². The van der Waals surface area contributed by atoms with Gasteiger partial charge in [-0.3, -0.25) is 4.79 Å². The van der Waals surface area contributed by atoms with Crippen molar-refractivity contribution in [3.63, 3.8) is 0 Å². The first-order valence-corrected chi connectivity index (χ1v) is 6.48. The monoisotopic (exact) mass is 244 g/mol. The fraction of sp³-hybridized carbons (Fsp3) is 0.923. The molecule has 1 amide bonds. The number of nitrogens with one attached hydrogen (secondary N) is 1. The molecule has 0 aliphatic heterocycles. The predicted molar refractivity (Wildman–Crippen MR) is 70.8 cm³/mol. The number of ether oxygens (including phenoxy) is 1. The van der Waals surface area contributed by atoms with Crippen LogP contribution in [0.4, 0.5) is 0 Å². The van der Waals surface area contributed by atoms with Gasteiger partial charge in [-0.2, -0.15) is 0 Å². The Morgan fingerprint density at radius 3 is 2.41 bits per heavy atom. The molecule has 0 aliphatic rings. The molecule has 3 N–H and O–H groups in total. The third kappa shape index (κ3) is 6.64. The Kier molecular flexibility index (Phi) is 7.39. The highest BCUT2D eigenvalue weighted by atomic mass is 16.5. The summed E-state index contributed by atoms with van der Waals surface area (Å²) < 4.78 is 5.71. The number of nitrogens with two attached hydrogens (primary N) is 1. The van der Waals surface area contributed by atoms with Crippen molar-refractivity contribution in [1.29, 1.82) is 0 Å². The van der Waals surface area contributed by atoms with E-state index in [1.54, 1.807) is 6.92 Å². The van der Waals surface area contributed by atoms with E-state index in [0.29, 0.717) is 12.5 Å². The molecule has 0 saturated carbocycles. The highest BCUT2D eigenvalue weighted by Crippen LogP contribution is 2.11. The quantitative estimate of drug-likeness (QED) is 0.648. The molecule has 0 rings (SSSR count). The molecular formula is C13H28N2O2. The minimum Gasteiger partial charge on any atom is -0.376 e. The second-order valence-corrected chi connectivity index (χ2v) is 5.37. The average molecular weight is 244 g/mol. The lowest BCUT2D eigenvalue weighted by molar-refractivity contribution is -0.127. The van der Waals surface area contributed by atoms with Gasteiger partial charge in [0.2, 0.25) is 5.91 Å². The number of hydrogen-bond donors (Lipinski definition) is 2. The molecule has 4 nitrogen and oxygen atoms in total. The van der Waals surface area contributed by atoms with E-state index < -0.39 is 5.54 Å². The van der Waals surface area contributed by atoms with Gasteiger partial charge in [-0.25, -0.2) is 0 Å². The van der Waals surface area contributed by atoms with Crippen LogP contribution in [0.5, 0.6) is 0 Å². The molecule has 0 aromatic carbocycles. The standard InChI is InChI=1S/C13H28N2O2/c1-6-7-15-13(5,12(14)16)9-17-11(4)8-10(2)3/h10-11,15H,6-9H2,1-5H3,(H2,14,16). The van der Waals surface area contributed by atoms with Crippen LogP contribution in [0.15, 0.2) is 0 Å². The summed E-state index contributed by atoms with van der Waals surface area (Å²) in [6.45, 7) is 11.3. The fourth-order valence-corrected chi connectivity index (χ4v) is 1.65. The Labute approximate surface area is 105 Å². The molecule has 0 aromatic rings. The summed E-state index contributed by atoms with van der Waals surface area (Å²) in [7, 11) is 0. The number of amides is 1. The number of primary amides is 1. The SMILES string of the molecule is CCCNC(C)(COC(C)CC(C)C)C(N)=O. The number of rotatable bonds is 9. The van der Waals surface area contributed by atoms with Crippen LogP contribution in [-0.4, -0.2) is 30.7 Å². The second-order valence-electron chi connectivity index (χ2n) is 5.37. The van der Waals surface area contributed by atoms with E-state index >= 15 is 0 Å². The molecular weight excluding hydrogens is 216 g/mol. The van der Waals surface area contributed by atoms with Gasteiger partial charge in [0.1, 0.15) is 5.54 Å². The Morgan fingerprint density at radius 2 is 2.00 bits per heavy atom. The van der Waals surface area contributed by atoms with Crippen LogP contribution in [0, 0.1) is 5.92 Å². The lowest BCUT2D eigenvalue weighted by Gasteiger charge is -2.29. The summed E-state index contributed by atoms with van der Waals surface area (Å²) in [6, 6.07) is 0. The molecule has 2 unspecified atom stereocenters. The van der Waals surface area contributed by atoms with Crippen molar-refractivity contribution >= 4 is 5.91 Å². The van der Waals surface area contributed by atoms with Gasteiger partial charge in [-0.05, 0) is 39.2 Å². The van der Waals surface area contributed by atoms with E-state index in [1.165, 1.54) is 0 Å². The molecule has 0 aromatic heterocycles. The molecule has 0 spiro atoms. The van der Waals surface area contributed by atoms with Crippen molar-refractivity contribution in [3.8, 4) is 0 Å². The molecule has 102 valence electrons. The maximum atomic E-state index is 11.4. The smallest absolute Gasteiger partial charge is 0.239 e. The van der Waals surface area contributed by atoms with E-state index in [0.717, 1.165) is 19.4 Å². The van der Waals surface area contributed by atoms with Gasteiger partial charge < -0.3 is 15.8 Å². The number of carbonyl (C=O) groups is 1. The molecule has 0 fully saturated rings. The summed E-state index contributed by atoms with van der Waals surface area (Å²) in [6.07, 6.45) is 2.10. The molecule has 17 heavy (non-hydrogen) atoms. The van der Waals surface area contributed by atoms with Crippen LogP contribution in [0.25, 0.3) is 0 Å². The molecule has 0 bridgehead atoms. The van der Waals surface area contributed by atoms with E-state index in [2.05, 4.69) is 26.1 Å². The van der Waals surface area contributed by atoms with Gasteiger partial charge in [-0.1, -0.05) is 20.8 Å². The van der Waals surface area contributed by atoms with Crippen molar-refractivity contribution in [3.05, 3.63) is 0 Å². The average Bonchev–Trinajstić information content (AvgIpc) is 2.22. The largest absolute Gasteiger partial charge is 0.376 e. The number of carbonyl (C=O) groups excluding carboxylic acids is 1. The van der Waals surface area contributed by atoms with Crippen LogP contribution < -0.4 is 11.1 Å². The zero-order chi connectivity index (χ0) is 13.5. The minimum atomic E-state index is -0.763. The first-order chi connectivity index (χ1) is 7.81. The van der Waals surface area contributed by atoms with Gasteiger partial charge >= 0.3 is 0 Å². The van der Waals surface area contributed by atoms with Crippen molar-refractivity contribution < 1.29 is 9.53 Å². The van der Waals surface area contributed by atoms with Gasteiger partial charge in [0.25, 0.3) is 0 Å². The van der Waals surface area contributed by atoms with Gasteiger partial charge in [0.05, 0.1) is 12.7 Å². The van der Waals surface area contributed by atoms with Crippen LogP contribution in [0.3, 0.4) is 0 Å². The number of hydrogen-bond acceptors (Lipinski definition) is 3.